The topological polar surface area (TPSA) is 78.7 Å². The first-order valence-electron chi connectivity index (χ1n) is 10.2. The van der Waals surface area contributed by atoms with E-state index in [-0.39, 0.29) is 0 Å². The number of benzene rings is 1. The second-order valence-electron chi connectivity index (χ2n) is 7.79. The average Bonchev–Trinajstić information content (AvgIpc) is 3.36. The highest BCUT2D eigenvalue weighted by Gasteiger charge is 2.38. The van der Waals surface area contributed by atoms with Crippen LogP contribution < -0.4 is 0 Å². The molecule has 1 unspecified atom stereocenters. The Labute approximate surface area is 188 Å². The van der Waals surface area contributed by atoms with Gasteiger partial charge in [0.15, 0.2) is 0 Å². The van der Waals surface area contributed by atoms with E-state index in [4.69, 9.17) is 21.5 Å². The molecule has 0 saturated carbocycles. The van der Waals surface area contributed by atoms with Gasteiger partial charge in [0.25, 0.3) is 0 Å². The van der Waals surface area contributed by atoms with Crippen LogP contribution in [0.25, 0.3) is 0 Å². The summed E-state index contributed by atoms with van der Waals surface area (Å²) in [6.07, 6.45) is -0.535. The Morgan fingerprint density at radius 1 is 1.22 bits per heavy atom. The van der Waals surface area contributed by atoms with Crippen molar-refractivity contribution in [3.63, 3.8) is 0 Å². The maximum absolute atomic E-state index is 11.9. The first-order chi connectivity index (χ1) is 15.1. The van der Waals surface area contributed by atoms with Crippen LogP contribution in [0, 0.1) is 0 Å². The van der Waals surface area contributed by atoms with E-state index < -0.39 is 12.1 Å². The number of amides is 1. The Bertz CT molecular complexity index is 933. The summed E-state index contributed by atoms with van der Waals surface area (Å²) in [7, 11) is 0. The maximum Gasteiger partial charge on any atom is 0.490 e. The Morgan fingerprint density at radius 2 is 1.91 bits per heavy atom. The lowest BCUT2D eigenvalue weighted by Gasteiger charge is -2.34. The zero-order valence-corrected chi connectivity index (χ0v) is 18.0. The zero-order chi connectivity index (χ0) is 23.3. The number of likely N-dealkylation sites (tertiary alicyclic amines) is 1. The predicted octanol–water partition coefficient (Wildman–Crippen LogP) is 3.74. The van der Waals surface area contributed by atoms with Crippen molar-refractivity contribution < 1.29 is 27.9 Å². The van der Waals surface area contributed by atoms with Gasteiger partial charge in [-0.25, -0.2) is 4.79 Å². The number of hydrogen-bond donors (Lipinski definition) is 1. The summed E-state index contributed by atoms with van der Waals surface area (Å²) in [6.45, 7) is 4.51. The summed E-state index contributed by atoms with van der Waals surface area (Å²) in [5.41, 5.74) is 2.52. The molecule has 2 aliphatic rings. The number of aromatic nitrogens is 2. The lowest BCUT2D eigenvalue weighted by molar-refractivity contribution is -0.192. The molecule has 32 heavy (non-hydrogen) atoms. The van der Waals surface area contributed by atoms with Crippen LogP contribution in [0.1, 0.15) is 36.6 Å². The second-order valence-corrected chi connectivity index (χ2v) is 8.23. The van der Waals surface area contributed by atoms with Crippen molar-refractivity contribution in [1.82, 2.24) is 19.6 Å². The number of fused-ring (bicyclic) bond motifs is 1. The third-order valence-electron chi connectivity index (χ3n) is 5.42. The van der Waals surface area contributed by atoms with Gasteiger partial charge in [-0.05, 0) is 36.6 Å². The van der Waals surface area contributed by atoms with Crippen molar-refractivity contribution in [1.29, 1.82) is 0 Å². The van der Waals surface area contributed by atoms with Gasteiger partial charge in [0.2, 0.25) is 5.91 Å². The van der Waals surface area contributed by atoms with Crippen molar-refractivity contribution in [3.05, 3.63) is 52.8 Å². The molecule has 4 rings (SSSR count). The fraction of sp³-hybridized carbons (Fsp3) is 0.476. The van der Waals surface area contributed by atoms with Crippen LogP contribution in [-0.4, -0.2) is 62.4 Å². The molecule has 1 saturated heterocycles. The Balaban J connectivity index is 0.000000360. The molecule has 3 heterocycles. The van der Waals surface area contributed by atoms with Crippen LogP contribution >= 0.6 is 11.6 Å². The van der Waals surface area contributed by atoms with Crippen molar-refractivity contribution in [2.45, 2.75) is 44.6 Å². The highest BCUT2D eigenvalue weighted by molar-refractivity contribution is 6.30. The highest BCUT2D eigenvalue weighted by atomic mass is 35.5. The summed E-state index contributed by atoms with van der Waals surface area (Å²) < 4.78 is 33.9. The number of halogens is 4. The average molecular weight is 473 g/mol. The minimum absolute atomic E-state index is 0.300. The molecule has 7 nitrogen and oxygen atoms in total. The van der Waals surface area contributed by atoms with E-state index in [2.05, 4.69) is 32.9 Å². The molecule has 0 radical (unpaired) electrons. The lowest BCUT2D eigenvalue weighted by Crippen LogP contribution is -2.39. The molecule has 1 fully saturated rings. The summed E-state index contributed by atoms with van der Waals surface area (Å²) in [5.74, 6) is -2.46. The van der Waals surface area contributed by atoms with E-state index in [0.29, 0.717) is 18.4 Å². The minimum atomic E-state index is -5.08. The molecule has 1 aromatic heterocycles. The number of hydrogen-bond acceptors (Lipinski definition) is 4. The van der Waals surface area contributed by atoms with Crippen molar-refractivity contribution in [3.8, 4) is 0 Å². The van der Waals surface area contributed by atoms with Gasteiger partial charge in [-0.2, -0.15) is 18.3 Å². The van der Waals surface area contributed by atoms with E-state index >= 15 is 0 Å². The van der Waals surface area contributed by atoms with Gasteiger partial charge in [-0.15, -0.1) is 0 Å². The molecular weight excluding hydrogens is 449 g/mol. The molecule has 174 valence electrons. The SMILES string of the molecule is O=C(O)C(F)(F)F.O=C1CCCN1CCC1CN(Cc2ccc(Cl)cc2)Cc2ccnn21. The molecule has 0 spiro atoms. The number of rotatable bonds is 5. The normalized spacial score (nSPS) is 18.8. The Hall–Kier alpha value is -2.59. The van der Waals surface area contributed by atoms with Crippen molar-refractivity contribution in [2.75, 3.05) is 19.6 Å². The van der Waals surface area contributed by atoms with Crippen LogP contribution in [0.4, 0.5) is 13.2 Å². The fourth-order valence-corrected chi connectivity index (χ4v) is 4.02. The van der Waals surface area contributed by atoms with Gasteiger partial charge >= 0.3 is 12.1 Å². The molecule has 11 heteroatoms. The van der Waals surface area contributed by atoms with E-state index in [1.807, 2.05) is 23.2 Å². The minimum Gasteiger partial charge on any atom is -0.475 e. The molecule has 1 atom stereocenters. The third kappa shape index (κ3) is 6.46. The number of carboxylic acid groups (broad SMARTS) is 1. The van der Waals surface area contributed by atoms with Crippen LogP contribution in [0.5, 0.6) is 0 Å². The van der Waals surface area contributed by atoms with E-state index in [0.717, 1.165) is 50.6 Å². The number of aliphatic carboxylic acids is 1. The first kappa shape index (κ1) is 24.1. The lowest BCUT2D eigenvalue weighted by atomic mass is 10.1. The zero-order valence-electron chi connectivity index (χ0n) is 17.3. The van der Waals surface area contributed by atoms with Crippen LogP contribution in [0.3, 0.4) is 0 Å². The fourth-order valence-electron chi connectivity index (χ4n) is 3.89. The molecule has 0 bridgehead atoms. The molecule has 2 aromatic rings. The van der Waals surface area contributed by atoms with Crippen molar-refractivity contribution in [2.24, 2.45) is 0 Å². The molecule has 2 aliphatic heterocycles. The monoisotopic (exact) mass is 472 g/mol. The van der Waals surface area contributed by atoms with Gasteiger partial charge < -0.3 is 10.0 Å². The summed E-state index contributed by atoms with van der Waals surface area (Å²) in [4.78, 5) is 25.2. The largest absolute Gasteiger partial charge is 0.490 e. The third-order valence-corrected chi connectivity index (χ3v) is 5.67. The quantitative estimate of drug-likeness (QED) is 0.717. The van der Waals surface area contributed by atoms with Gasteiger partial charge in [0.1, 0.15) is 0 Å². The molecule has 1 aromatic carbocycles. The molecular formula is C21H24ClF3N4O3. The highest BCUT2D eigenvalue weighted by Crippen LogP contribution is 2.25. The van der Waals surface area contributed by atoms with Crippen molar-refractivity contribution >= 4 is 23.5 Å². The predicted molar refractivity (Wildman–Crippen MR) is 111 cm³/mol. The number of carbonyl (C=O) groups excluding carboxylic acids is 1. The Morgan fingerprint density at radius 3 is 2.50 bits per heavy atom. The molecule has 0 aliphatic carbocycles. The first-order valence-corrected chi connectivity index (χ1v) is 10.6. The van der Waals surface area contributed by atoms with E-state index in [1.54, 1.807) is 0 Å². The standard InChI is InChI=1S/C19H23ClN4O.C2HF3O2/c20-16-5-3-15(4-6-16)12-22-13-17-7-9-21-24(17)18(14-22)8-11-23-10-1-2-19(23)25;3-2(4,5)1(6)7/h3-7,9,18H,1-2,8,10-14H2;(H,6,7). The van der Waals surface area contributed by atoms with Crippen LogP contribution in [0.2, 0.25) is 5.02 Å². The van der Waals surface area contributed by atoms with Gasteiger partial charge in [0.05, 0.1) is 11.7 Å². The van der Waals surface area contributed by atoms with Gasteiger partial charge in [0, 0.05) is 50.4 Å². The Kier molecular flexibility index (Phi) is 7.78. The number of nitrogens with zero attached hydrogens (tertiary/aromatic N) is 4. The summed E-state index contributed by atoms with van der Waals surface area (Å²) in [6, 6.07) is 10.5. The molecule has 1 N–H and O–H groups in total. The van der Waals surface area contributed by atoms with Crippen LogP contribution in [-0.2, 0) is 22.7 Å². The summed E-state index contributed by atoms with van der Waals surface area (Å²) in [5, 5.41) is 12.4. The molecule has 1 amide bonds. The van der Waals surface area contributed by atoms with Gasteiger partial charge in [-0.1, -0.05) is 23.7 Å². The van der Waals surface area contributed by atoms with E-state index in [1.165, 1.54) is 11.3 Å². The maximum atomic E-state index is 11.9. The summed E-state index contributed by atoms with van der Waals surface area (Å²) >= 11 is 5.99. The number of alkyl halides is 3. The number of carboxylic acids is 1. The van der Waals surface area contributed by atoms with Crippen LogP contribution in [0.15, 0.2) is 36.5 Å². The van der Waals surface area contributed by atoms with E-state index in [9.17, 15) is 18.0 Å². The second kappa shape index (κ2) is 10.4. The smallest absolute Gasteiger partial charge is 0.475 e. The number of carbonyl (C=O) groups is 2. The van der Waals surface area contributed by atoms with Gasteiger partial charge in [-0.3, -0.25) is 14.4 Å².